The number of hydrogen-bond acceptors (Lipinski definition) is 3. The summed E-state index contributed by atoms with van der Waals surface area (Å²) in [5.41, 5.74) is 3.37. The SMILES string of the molecule is COc1cc(CNCCc2ccccc2)ccc1OCc1ccc(F)cc1.Cl. The molecule has 0 radical (unpaired) electrons. The van der Waals surface area contributed by atoms with E-state index in [0.29, 0.717) is 18.1 Å². The van der Waals surface area contributed by atoms with Gasteiger partial charge >= 0.3 is 0 Å². The molecule has 28 heavy (non-hydrogen) atoms. The van der Waals surface area contributed by atoms with Crippen molar-refractivity contribution in [2.24, 2.45) is 0 Å². The third-order valence-corrected chi connectivity index (χ3v) is 4.30. The standard InChI is InChI=1S/C23H24FNO2.ClH/c1-26-23-15-20(16-25-14-13-18-5-3-2-4-6-18)9-12-22(23)27-17-19-7-10-21(24)11-8-19;/h2-12,15,25H,13-14,16-17H2,1H3;1H. The van der Waals surface area contributed by atoms with E-state index < -0.39 is 0 Å². The van der Waals surface area contributed by atoms with E-state index in [2.05, 4.69) is 29.6 Å². The molecule has 0 heterocycles. The third-order valence-electron chi connectivity index (χ3n) is 4.30. The predicted molar refractivity (Wildman–Crippen MR) is 113 cm³/mol. The summed E-state index contributed by atoms with van der Waals surface area (Å²) in [6, 6.07) is 22.6. The van der Waals surface area contributed by atoms with Crippen LogP contribution in [-0.2, 0) is 19.6 Å². The number of nitrogens with one attached hydrogen (secondary N) is 1. The molecule has 0 aliphatic rings. The van der Waals surface area contributed by atoms with E-state index in [0.717, 1.165) is 30.6 Å². The highest BCUT2D eigenvalue weighted by Crippen LogP contribution is 2.28. The van der Waals surface area contributed by atoms with Crippen molar-refractivity contribution in [3.63, 3.8) is 0 Å². The van der Waals surface area contributed by atoms with Gasteiger partial charge in [0.25, 0.3) is 0 Å². The largest absolute Gasteiger partial charge is 0.493 e. The van der Waals surface area contributed by atoms with Crippen molar-refractivity contribution < 1.29 is 13.9 Å². The molecule has 3 rings (SSSR count). The van der Waals surface area contributed by atoms with Crippen molar-refractivity contribution in [3.05, 3.63) is 95.3 Å². The van der Waals surface area contributed by atoms with E-state index in [1.54, 1.807) is 19.2 Å². The van der Waals surface area contributed by atoms with E-state index in [9.17, 15) is 4.39 Å². The molecule has 1 N–H and O–H groups in total. The van der Waals surface area contributed by atoms with Crippen LogP contribution in [-0.4, -0.2) is 13.7 Å². The summed E-state index contributed by atoms with van der Waals surface area (Å²) in [6.07, 6.45) is 0.997. The summed E-state index contributed by atoms with van der Waals surface area (Å²) in [6.45, 7) is 2.04. The normalized spacial score (nSPS) is 10.2. The summed E-state index contributed by atoms with van der Waals surface area (Å²) in [4.78, 5) is 0. The quantitative estimate of drug-likeness (QED) is 0.502. The predicted octanol–water partition coefficient (Wildman–Crippen LogP) is 5.17. The lowest BCUT2D eigenvalue weighted by molar-refractivity contribution is 0.284. The first-order valence-electron chi connectivity index (χ1n) is 9.03. The highest BCUT2D eigenvalue weighted by molar-refractivity contribution is 5.85. The summed E-state index contributed by atoms with van der Waals surface area (Å²) in [5.74, 6) is 1.12. The van der Waals surface area contributed by atoms with Gasteiger partial charge in [0.2, 0.25) is 0 Å². The molecule has 3 aromatic rings. The van der Waals surface area contributed by atoms with Gasteiger partial charge in [-0.05, 0) is 53.9 Å². The van der Waals surface area contributed by atoms with Gasteiger partial charge < -0.3 is 14.8 Å². The molecule has 0 aliphatic heterocycles. The van der Waals surface area contributed by atoms with Gasteiger partial charge in [0.1, 0.15) is 12.4 Å². The van der Waals surface area contributed by atoms with Gasteiger partial charge in [0.15, 0.2) is 11.5 Å². The molecule has 5 heteroatoms. The van der Waals surface area contributed by atoms with E-state index in [1.165, 1.54) is 17.7 Å². The second-order valence-corrected chi connectivity index (χ2v) is 6.31. The van der Waals surface area contributed by atoms with Gasteiger partial charge in [0, 0.05) is 6.54 Å². The average Bonchev–Trinajstić information content (AvgIpc) is 2.72. The zero-order valence-electron chi connectivity index (χ0n) is 15.9. The van der Waals surface area contributed by atoms with Crippen molar-refractivity contribution in [1.82, 2.24) is 5.32 Å². The van der Waals surface area contributed by atoms with Crippen molar-refractivity contribution in [1.29, 1.82) is 0 Å². The molecule has 0 saturated heterocycles. The minimum absolute atomic E-state index is 0. The zero-order valence-corrected chi connectivity index (χ0v) is 16.7. The van der Waals surface area contributed by atoms with E-state index >= 15 is 0 Å². The Morgan fingerprint density at radius 1 is 0.821 bits per heavy atom. The Labute approximate surface area is 171 Å². The molecule has 0 bridgehead atoms. The van der Waals surface area contributed by atoms with Gasteiger partial charge in [-0.1, -0.05) is 48.5 Å². The Kier molecular flexibility index (Phi) is 8.79. The number of methoxy groups -OCH3 is 1. The maximum absolute atomic E-state index is 13.0. The average molecular weight is 402 g/mol. The zero-order chi connectivity index (χ0) is 18.9. The van der Waals surface area contributed by atoms with E-state index in [-0.39, 0.29) is 18.2 Å². The maximum Gasteiger partial charge on any atom is 0.161 e. The second kappa shape index (κ2) is 11.3. The maximum atomic E-state index is 13.0. The fourth-order valence-electron chi connectivity index (χ4n) is 2.79. The topological polar surface area (TPSA) is 30.5 Å². The lowest BCUT2D eigenvalue weighted by atomic mass is 10.1. The Hall–Kier alpha value is -2.56. The first kappa shape index (κ1) is 21.7. The van der Waals surface area contributed by atoms with Gasteiger partial charge in [-0.25, -0.2) is 4.39 Å². The van der Waals surface area contributed by atoms with Crippen molar-refractivity contribution >= 4 is 12.4 Å². The molecular weight excluding hydrogens is 377 g/mol. The summed E-state index contributed by atoms with van der Waals surface area (Å²) in [5, 5.41) is 3.45. The number of rotatable bonds is 9. The van der Waals surface area contributed by atoms with Crippen molar-refractivity contribution in [3.8, 4) is 11.5 Å². The first-order valence-corrected chi connectivity index (χ1v) is 9.03. The van der Waals surface area contributed by atoms with Crippen LogP contribution < -0.4 is 14.8 Å². The van der Waals surface area contributed by atoms with Crippen LogP contribution in [0.2, 0.25) is 0 Å². The van der Waals surface area contributed by atoms with Crippen LogP contribution in [0, 0.1) is 5.82 Å². The molecular formula is C23H25ClFNO2. The molecule has 3 aromatic carbocycles. The van der Waals surface area contributed by atoms with Crippen LogP contribution >= 0.6 is 12.4 Å². The molecule has 3 nitrogen and oxygen atoms in total. The molecule has 0 spiro atoms. The molecule has 148 valence electrons. The Morgan fingerprint density at radius 2 is 1.54 bits per heavy atom. The minimum Gasteiger partial charge on any atom is -0.493 e. The van der Waals surface area contributed by atoms with Gasteiger partial charge in [-0.2, -0.15) is 0 Å². The number of benzene rings is 3. The van der Waals surface area contributed by atoms with Crippen LogP contribution in [0.1, 0.15) is 16.7 Å². The minimum atomic E-state index is -0.250. The lowest BCUT2D eigenvalue weighted by Crippen LogP contribution is -2.16. The Balaban J connectivity index is 0.00000280. The Bertz CT molecular complexity index is 841. The van der Waals surface area contributed by atoms with Crippen LogP contribution in [0.25, 0.3) is 0 Å². The van der Waals surface area contributed by atoms with Gasteiger partial charge in [0.05, 0.1) is 7.11 Å². The third kappa shape index (κ3) is 6.55. The van der Waals surface area contributed by atoms with Crippen LogP contribution in [0.3, 0.4) is 0 Å². The highest BCUT2D eigenvalue weighted by atomic mass is 35.5. The lowest BCUT2D eigenvalue weighted by Gasteiger charge is -2.13. The molecule has 0 fully saturated rings. The number of halogens is 2. The first-order chi connectivity index (χ1) is 13.2. The van der Waals surface area contributed by atoms with Crippen molar-refractivity contribution in [2.45, 2.75) is 19.6 Å². The highest BCUT2D eigenvalue weighted by Gasteiger charge is 2.06. The molecule has 0 aliphatic carbocycles. The second-order valence-electron chi connectivity index (χ2n) is 6.31. The smallest absolute Gasteiger partial charge is 0.161 e. The Morgan fingerprint density at radius 3 is 2.25 bits per heavy atom. The molecule has 0 unspecified atom stereocenters. The van der Waals surface area contributed by atoms with E-state index in [1.807, 2.05) is 24.3 Å². The molecule has 0 atom stereocenters. The van der Waals surface area contributed by atoms with Gasteiger partial charge in [-0.15, -0.1) is 12.4 Å². The summed E-state index contributed by atoms with van der Waals surface area (Å²) in [7, 11) is 1.63. The van der Waals surface area contributed by atoms with Crippen molar-refractivity contribution in [2.75, 3.05) is 13.7 Å². The summed E-state index contributed by atoms with van der Waals surface area (Å²) < 4.78 is 24.3. The van der Waals surface area contributed by atoms with Crippen LogP contribution in [0.5, 0.6) is 11.5 Å². The van der Waals surface area contributed by atoms with Crippen LogP contribution in [0.15, 0.2) is 72.8 Å². The number of ether oxygens (including phenoxy) is 2. The molecule has 0 amide bonds. The van der Waals surface area contributed by atoms with Gasteiger partial charge in [-0.3, -0.25) is 0 Å². The van der Waals surface area contributed by atoms with E-state index in [4.69, 9.17) is 9.47 Å². The summed E-state index contributed by atoms with van der Waals surface area (Å²) >= 11 is 0. The van der Waals surface area contributed by atoms with Crippen LogP contribution in [0.4, 0.5) is 4.39 Å². The fraction of sp³-hybridized carbons (Fsp3) is 0.217. The monoisotopic (exact) mass is 401 g/mol. The molecule has 0 aromatic heterocycles. The number of hydrogen-bond donors (Lipinski definition) is 1. The fourth-order valence-corrected chi connectivity index (χ4v) is 2.79. The molecule has 0 saturated carbocycles.